The summed E-state index contributed by atoms with van der Waals surface area (Å²) >= 11 is 0. The molecule has 0 atom stereocenters. The van der Waals surface area contributed by atoms with Gasteiger partial charge < -0.3 is 5.73 Å². The van der Waals surface area contributed by atoms with Gasteiger partial charge >= 0.3 is 0 Å². The minimum atomic E-state index is -0.519. The van der Waals surface area contributed by atoms with Crippen LogP contribution in [-0.4, -0.2) is 20.4 Å². The van der Waals surface area contributed by atoms with E-state index < -0.39 is 5.91 Å². The number of halogens is 1. The van der Waals surface area contributed by atoms with Gasteiger partial charge in [-0.1, -0.05) is 26.0 Å². The van der Waals surface area contributed by atoms with E-state index in [1.54, 1.807) is 6.20 Å². The first-order chi connectivity index (χ1) is 14.0. The molecule has 3 aromatic rings. The Labute approximate surface area is 182 Å². The standard InChI is InChI=1S/C23H26N4O2.ClH/c1-16(2)18-9-10-21-20(12-18)23(29)27(15-26-21)14-19(22(24)28)8-4-3-6-17-7-5-11-25-13-17;/h5,7,9-16H,3-4,6,8H2,1-2H3,(H2,24,28);1H. The summed E-state index contributed by atoms with van der Waals surface area (Å²) in [7, 11) is 0. The third-order valence-corrected chi connectivity index (χ3v) is 4.97. The summed E-state index contributed by atoms with van der Waals surface area (Å²) < 4.78 is 1.35. The second-order valence-corrected chi connectivity index (χ2v) is 7.48. The zero-order chi connectivity index (χ0) is 20.8. The average molecular weight is 427 g/mol. The number of nitrogens with zero attached hydrogens (tertiary/aromatic N) is 3. The molecule has 30 heavy (non-hydrogen) atoms. The molecule has 3 rings (SSSR count). The van der Waals surface area contributed by atoms with Gasteiger partial charge in [0.15, 0.2) is 0 Å². The molecule has 158 valence electrons. The fraction of sp³-hybridized carbons (Fsp3) is 0.304. The van der Waals surface area contributed by atoms with Crippen molar-refractivity contribution in [2.45, 2.75) is 45.4 Å². The highest BCUT2D eigenvalue weighted by atomic mass is 35.5. The van der Waals surface area contributed by atoms with Crippen molar-refractivity contribution in [2.24, 2.45) is 5.73 Å². The summed E-state index contributed by atoms with van der Waals surface area (Å²) in [5.41, 5.74) is 8.64. The molecule has 6 nitrogen and oxygen atoms in total. The third kappa shape index (κ3) is 5.76. The molecule has 0 fully saturated rings. The predicted octanol–water partition coefficient (Wildman–Crippen LogP) is 4.08. The third-order valence-electron chi connectivity index (χ3n) is 4.97. The van der Waals surface area contributed by atoms with Gasteiger partial charge in [0.2, 0.25) is 5.91 Å². The Balaban J connectivity index is 0.00000320. The number of carbonyl (C=O) groups excluding carboxylic acids is 1. The first-order valence-electron chi connectivity index (χ1n) is 9.86. The van der Waals surface area contributed by atoms with Crippen LogP contribution in [-0.2, 0) is 11.2 Å². The predicted molar refractivity (Wildman–Crippen MR) is 123 cm³/mol. The van der Waals surface area contributed by atoms with Crippen LogP contribution in [0.3, 0.4) is 0 Å². The lowest BCUT2D eigenvalue weighted by atomic mass is 10.0. The van der Waals surface area contributed by atoms with E-state index in [4.69, 9.17) is 5.73 Å². The topological polar surface area (TPSA) is 90.9 Å². The summed E-state index contributed by atoms with van der Waals surface area (Å²) in [6.07, 6.45) is 9.63. The molecule has 0 unspecified atom stereocenters. The highest BCUT2D eigenvalue weighted by Gasteiger charge is 2.10. The Morgan fingerprint density at radius 1 is 1.23 bits per heavy atom. The quantitative estimate of drug-likeness (QED) is 0.434. The molecular weight excluding hydrogens is 400 g/mol. The number of primary amides is 1. The summed E-state index contributed by atoms with van der Waals surface area (Å²) in [5.74, 6) is -0.210. The summed E-state index contributed by atoms with van der Waals surface area (Å²) in [5, 5.41) is 0.537. The molecule has 1 amide bonds. The minimum absolute atomic E-state index is 0. The molecule has 2 aromatic heterocycles. The number of hydrogen-bond acceptors (Lipinski definition) is 4. The number of amides is 1. The molecule has 0 bridgehead atoms. The molecule has 2 N–H and O–H groups in total. The number of unbranched alkanes of at least 4 members (excludes halogenated alkanes) is 1. The van der Waals surface area contributed by atoms with Crippen molar-refractivity contribution < 1.29 is 4.79 Å². The largest absolute Gasteiger partial charge is 0.366 e. The number of nitrogens with two attached hydrogens (primary N) is 1. The van der Waals surface area contributed by atoms with Crippen molar-refractivity contribution in [3.05, 3.63) is 76.1 Å². The van der Waals surface area contributed by atoms with E-state index >= 15 is 0 Å². The molecule has 2 heterocycles. The minimum Gasteiger partial charge on any atom is -0.366 e. The summed E-state index contributed by atoms with van der Waals surface area (Å²) in [4.78, 5) is 33.2. The van der Waals surface area contributed by atoms with Crippen molar-refractivity contribution >= 4 is 35.4 Å². The number of aryl methyl sites for hydroxylation is 1. The Kier molecular flexibility index (Phi) is 8.30. The first kappa shape index (κ1) is 23.3. The zero-order valence-corrected chi connectivity index (χ0v) is 18.1. The second-order valence-electron chi connectivity index (χ2n) is 7.48. The molecule has 0 saturated heterocycles. The van der Waals surface area contributed by atoms with Gasteiger partial charge in [0.05, 0.1) is 10.9 Å². The van der Waals surface area contributed by atoms with Gasteiger partial charge in [-0.3, -0.25) is 19.1 Å². The van der Waals surface area contributed by atoms with Crippen LogP contribution < -0.4 is 11.3 Å². The van der Waals surface area contributed by atoms with Gasteiger partial charge in [-0.25, -0.2) is 4.98 Å². The number of hydrogen-bond donors (Lipinski definition) is 1. The maximum Gasteiger partial charge on any atom is 0.265 e. The number of benzene rings is 1. The van der Waals surface area contributed by atoms with Crippen molar-refractivity contribution in [1.29, 1.82) is 0 Å². The van der Waals surface area contributed by atoms with Crippen LogP contribution >= 0.6 is 12.4 Å². The van der Waals surface area contributed by atoms with Crippen LogP contribution in [0.5, 0.6) is 0 Å². The average Bonchev–Trinajstić information content (AvgIpc) is 2.72. The Bertz CT molecular complexity index is 1090. The highest BCUT2D eigenvalue weighted by Crippen LogP contribution is 2.18. The van der Waals surface area contributed by atoms with Crippen LogP contribution in [0.4, 0.5) is 0 Å². The van der Waals surface area contributed by atoms with Crippen LogP contribution in [0.2, 0.25) is 0 Å². The maximum atomic E-state index is 12.9. The van der Waals surface area contributed by atoms with Crippen molar-refractivity contribution in [1.82, 2.24) is 14.5 Å². The van der Waals surface area contributed by atoms with E-state index in [9.17, 15) is 9.59 Å². The molecule has 0 aliphatic rings. The van der Waals surface area contributed by atoms with E-state index in [0.29, 0.717) is 28.8 Å². The monoisotopic (exact) mass is 426 g/mol. The number of rotatable bonds is 8. The Hall–Kier alpha value is -2.99. The van der Waals surface area contributed by atoms with Gasteiger partial charge in [0.1, 0.15) is 6.33 Å². The van der Waals surface area contributed by atoms with Crippen LogP contribution in [0.25, 0.3) is 17.1 Å². The number of pyridine rings is 1. The van der Waals surface area contributed by atoms with Gasteiger partial charge in [-0.2, -0.15) is 0 Å². The van der Waals surface area contributed by atoms with Crippen molar-refractivity contribution in [3.63, 3.8) is 0 Å². The van der Waals surface area contributed by atoms with Crippen LogP contribution in [0.15, 0.2) is 59.4 Å². The van der Waals surface area contributed by atoms with Gasteiger partial charge in [0.25, 0.3) is 5.56 Å². The zero-order valence-electron chi connectivity index (χ0n) is 17.2. The fourth-order valence-corrected chi connectivity index (χ4v) is 3.21. The molecule has 0 aliphatic carbocycles. The molecule has 0 radical (unpaired) electrons. The lowest BCUT2D eigenvalue weighted by molar-refractivity contribution is -0.114. The molecule has 0 spiro atoms. The Morgan fingerprint density at radius 3 is 2.70 bits per heavy atom. The van der Waals surface area contributed by atoms with Crippen LogP contribution in [0.1, 0.15) is 50.2 Å². The normalized spacial score (nSPS) is 11.5. The Morgan fingerprint density at radius 2 is 2.03 bits per heavy atom. The smallest absolute Gasteiger partial charge is 0.265 e. The lowest BCUT2D eigenvalue weighted by Crippen LogP contribution is -2.20. The van der Waals surface area contributed by atoms with Crippen LogP contribution in [0, 0.1) is 0 Å². The maximum absolute atomic E-state index is 12.9. The van der Waals surface area contributed by atoms with E-state index in [-0.39, 0.29) is 18.0 Å². The molecule has 1 aromatic carbocycles. The summed E-state index contributed by atoms with van der Waals surface area (Å²) in [6, 6.07) is 9.65. The van der Waals surface area contributed by atoms with E-state index in [2.05, 4.69) is 23.8 Å². The molecule has 0 aliphatic heterocycles. The first-order valence-corrected chi connectivity index (χ1v) is 9.86. The van der Waals surface area contributed by atoms with Gasteiger partial charge in [-0.05, 0) is 60.9 Å². The SMILES string of the molecule is CC(C)c1ccc2ncn(C=C(CCCCc3cccnc3)C(N)=O)c(=O)c2c1.Cl. The lowest BCUT2D eigenvalue weighted by Gasteiger charge is -2.09. The van der Waals surface area contributed by atoms with E-state index in [1.807, 2.05) is 36.5 Å². The highest BCUT2D eigenvalue weighted by molar-refractivity contribution is 5.95. The number of fused-ring (bicyclic) bond motifs is 1. The van der Waals surface area contributed by atoms with Gasteiger partial charge in [0, 0.05) is 24.2 Å². The van der Waals surface area contributed by atoms with Gasteiger partial charge in [-0.15, -0.1) is 12.4 Å². The molecular formula is C23H27ClN4O2. The molecule has 0 saturated carbocycles. The number of carbonyl (C=O) groups is 1. The fourth-order valence-electron chi connectivity index (χ4n) is 3.21. The van der Waals surface area contributed by atoms with E-state index in [1.165, 1.54) is 17.1 Å². The van der Waals surface area contributed by atoms with Crippen molar-refractivity contribution in [3.8, 4) is 0 Å². The molecule has 7 heteroatoms. The van der Waals surface area contributed by atoms with E-state index in [0.717, 1.165) is 30.4 Å². The summed E-state index contributed by atoms with van der Waals surface area (Å²) in [6.45, 7) is 4.15. The number of aromatic nitrogens is 3. The van der Waals surface area contributed by atoms with Crippen molar-refractivity contribution in [2.75, 3.05) is 0 Å². The second kappa shape index (κ2) is 10.7.